The Morgan fingerprint density at radius 1 is 1.35 bits per heavy atom. The molecule has 110 valence electrons. The van der Waals surface area contributed by atoms with Crippen LogP contribution in [0.15, 0.2) is 29.2 Å². The molecular weight excluding hydrogens is 294 g/mol. The fourth-order valence-electron chi connectivity index (χ4n) is 1.53. The topological polar surface area (TPSA) is 55.4 Å². The zero-order valence-electron chi connectivity index (χ0n) is 11.8. The van der Waals surface area contributed by atoms with Crippen LogP contribution in [0.2, 0.25) is 0 Å². The molecule has 1 atom stereocenters. The van der Waals surface area contributed by atoms with Crippen molar-refractivity contribution in [3.63, 3.8) is 0 Å². The van der Waals surface area contributed by atoms with Gasteiger partial charge in [-0.1, -0.05) is 19.1 Å². The van der Waals surface area contributed by atoms with Crippen molar-refractivity contribution in [1.29, 1.82) is 0 Å². The Morgan fingerprint density at radius 2 is 2.05 bits per heavy atom. The van der Waals surface area contributed by atoms with E-state index in [9.17, 15) is 9.59 Å². The second-order valence-electron chi connectivity index (χ2n) is 4.19. The monoisotopic (exact) mass is 313 g/mol. The second-order valence-corrected chi connectivity index (χ2v) is 6.07. The molecule has 1 rings (SSSR count). The van der Waals surface area contributed by atoms with Crippen molar-refractivity contribution in [2.75, 3.05) is 30.2 Å². The Labute approximate surface area is 128 Å². The van der Waals surface area contributed by atoms with Gasteiger partial charge in [-0.3, -0.25) is 9.59 Å². The molecule has 1 aromatic carbocycles. The van der Waals surface area contributed by atoms with E-state index in [1.54, 1.807) is 18.7 Å². The first kappa shape index (κ1) is 16.9. The van der Waals surface area contributed by atoms with Gasteiger partial charge in [0.25, 0.3) is 0 Å². The Balaban J connectivity index is 2.39. The third-order valence-corrected chi connectivity index (χ3v) is 4.58. The van der Waals surface area contributed by atoms with Gasteiger partial charge in [0, 0.05) is 10.6 Å². The van der Waals surface area contributed by atoms with E-state index >= 15 is 0 Å². The lowest BCUT2D eigenvalue weighted by Gasteiger charge is -2.10. The number of methoxy groups -OCH3 is 1. The van der Waals surface area contributed by atoms with Crippen molar-refractivity contribution in [3.8, 4) is 0 Å². The molecule has 20 heavy (non-hydrogen) atoms. The lowest BCUT2D eigenvalue weighted by molar-refractivity contribution is -0.144. The summed E-state index contributed by atoms with van der Waals surface area (Å²) in [6.45, 7) is 1.79. The van der Waals surface area contributed by atoms with Crippen molar-refractivity contribution in [2.24, 2.45) is 5.92 Å². The van der Waals surface area contributed by atoms with Gasteiger partial charge >= 0.3 is 5.97 Å². The van der Waals surface area contributed by atoms with Crippen LogP contribution in [-0.4, -0.2) is 36.7 Å². The van der Waals surface area contributed by atoms with Gasteiger partial charge in [-0.2, -0.15) is 11.8 Å². The SMILES string of the molecule is COC(=O)C(C)CSCC(=O)Nc1ccccc1SC. The third-order valence-electron chi connectivity index (χ3n) is 2.59. The summed E-state index contributed by atoms with van der Waals surface area (Å²) in [5.41, 5.74) is 0.826. The van der Waals surface area contributed by atoms with Crippen LogP contribution < -0.4 is 5.32 Å². The van der Waals surface area contributed by atoms with Crippen molar-refractivity contribution < 1.29 is 14.3 Å². The van der Waals surface area contributed by atoms with Gasteiger partial charge < -0.3 is 10.1 Å². The number of para-hydroxylation sites is 1. The average molecular weight is 313 g/mol. The van der Waals surface area contributed by atoms with Crippen molar-refractivity contribution in [3.05, 3.63) is 24.3 Å². The number of esters is 1. The summed E-state index contributed by atoms with van der Waals surface area (Å²) in [6.07, 6.45) is 1.97. The Kier molecular flexibility index (Phi) is 7.54. The first-order chi connectivity index (χ1) is 9.58. The third kappa shape index (κ3) is 5.46. The molecule has 1 N–H and O–H groups in total. The molecule has 0 aliphatic carbocycles. The zero-order chi connectivity index (χ0) is 15.0. The molecule has 0 saturated carbocycles. The number of hydrogen-bond donors (Lipinski definition) is 1. The molecule has 1 unspecified atom stereocenters. The van der Waals surface area contributed by atoms with Crippen molar-refractivity contribution in [2.45, 2.75) is 11.8 Å². The molecule has 1 amide bonds. The van der Waals surface area contributed by atoms with Crippen LogP contribution in [0.3, 0.4) is 0 Å². The summed E-state index contributed by atoms with van der Waals surface area (Å²) in [5.74, 6) is 0.393. The molecular formula is C14H19NO3S2. The lowest BCUT2D eigenvalue weighted by atomic mass is 10.2. The van der Waals surface area contributed by atoms with Crippen LogP contribution in [0.1, 0.15) is 6.92 Å². The molecule has 0 saturated heterocycles. The quantitative estimate of drug-likeness (QED) is 0.619. The highest BCUT2D eigenvalue weighted by atomic mass is 32.2. The van der Waals surface area contributed by atoms with Crippen LogP contribution in [0, 0.1) is 5.92 Å². The van der Waals surface area contributed by atoms with Crippen molar-refractivity contribution in [1.82, 2.24) is 0 Å². The number of rotatable bonds is 7. The summed E-state index contributed by atoms with van der Waals surface area (Å²) in [5, 5.41) is 2.88. The Bertz CT molecular complexity index is 465. The van der Waals surface area contributed by atoms with E-state index in [0.29, 0.717) is 11.5 Å². The minimum atomic E-state index is -0.245. The van der Waals surface area contributed by atoms with E-state index in [-0.39, 0.29) is 17.8 Å². The summed E-state index contributed by atoms with van der Waals surface area (Å²) >= 11 is 3.02. The highest BCUT2D eigenvalue weighted by molar-refractivity contribution is 8.00. The minimum absolute atomic E-state index is 0.0615. The van der Waals surface area contributed by atoms with Gasteiger partial charge in [0.15, 0.2) is 0 Å². The molecule has 0 aromatic heterocycles. The average Bonchev–Trinajstić information content (AvgIpc) is 2.46. The van der Waals surface area contributed by atoms with Crippen LogP contribution in [0.5, 0.6) is 0 Å². The molecule has 6 heteroatoms. The van der Waals surface area contributed by atoms with E-state index in [2.05, 4.69) is 10.1 Å². The molecule has 1 aromatic rings. The van der Waals surface area contributed by atoms with E-state index in [0.717, 1.165) is 10.6 Å². The number of nitrogens with one attached hydrogen (secondary N) is 1. The number of thioether (sulfide) groups is 2. The standard InChI is InChI=1S/C14H19NO3S2/c1-10(14(17)18-2)8-20-9-13(16)15-11-6-4-5-7-12(11)19-3/h4-7,10H,8-9H2,1-3H3,(H,15,16). The van der Waals surface area contributed by atoms with E-state index in [1.807, 2.05) is 30.5 Å². The van der Waals surface area contributed by atoms with Crippen LogP contribution in [0.25, 0.3) is 0 Å². The molecule has 0 aliphatic heterocycles. The number of amides is 1. The zero-order valence-corrected chi connectivity index (χ0v) is 13.5. The Morgan fingerprint density at radius 3 is 2.70 bits per heavy atom. The fourth-order valence-corrected chi connectivity index (χ4v) is 2.95. The minimum Gasteiger partial charge on any atom is -0.469 e. The summed E-state index contributed by atoms with van der Waals surface area (Å²) in [7, 11) is 1.37. The van der Waals surface area contributed by atoms with E-state index in [1.165, 1.54) is 18.9 Å². The van der Waals surface area contributed by atoms with Crippen molar-refractivity contribution >= 4 is 41.1 Å². The van der Waals surface area contributed by atoms with Gasteiger partial charge in [-0.15, -0.1) is 11.8 Å². The maximum Gasteiger partial charge on any atom is 0.309 e. The molecule has 0 heterocycles. The van der Waals surface area contributed by atoms with Gasteiger partial charge in [0.1, 0.15) is 0 Å². The summed E-state index contributed by atoms with van der Waals surface area (Å²) in [4.78, 5) is 24.1. The predicted molar refractivity (Wildman–Crippen MR) is 85.4 cm³/mol. The number of anilines is 1. The van der Waals surface area contributed by atoms with Gasteiger partial charge in [0.2, 0.25) is 5.91 Å². The number of carbonyl (C=O) groups is 2. The van der Waals surface area contributed by atoms with Crippen LogP contribution in [-0.2, 0) is 14.3 Å². The number of benzene rings is 1. The van der Waals surface area contributed by atoms with E-state index in [4.69, 9.17) is 0 Å². The molecule has 0 aliphatic rings. The predicted octanol–water partition coefficient (Wildman–Crippen LogP) is 2.89. The van der Waals surface area contributed by atoms with Crippen LogP contribution >= 0.6 is 23.5 Å². The fraction of sp³-hybridized carbons (Fsp3) is 0.429. The molecule has 0 fully saturated rings. The highest BCUT2D eigenvalue weighted by Crippen LogP contribution is 2.24. The van der Waals surface area contributed by atoms with E-state index < -0.39 is 0 Å². The molecule has 0 radical (unpaired) electrons. The molecule has 0 spiro atoms. The first-order valence-corrected chi connectivity index (χ1v) is 8.54. The summed E-state index contributed by atoms with van der Waals surface area (Å²) < 4.78 is 4.64. The largest absolute Gasteiger partial charge is 0.469 e. The van der Waals surface area contributed by atoms with Crippen LogP contribution in [0.4, 0.5) is 5.69 Å². The van der Waals surface area contributed by atoms with Gasteiger partial charge in [0.05, 0.1) is 24.5 Å². The Hall–Kier alpha value is -1.14. The normalized spacial score (nSPS) is 11.8. The highest BCUT2D eigenvalue weighted by Gasteiger charge is 2.14. The second kappa shape index (κ2) is 8.92. The summed E-state index contributed by atoms with van der Waals surface area (Å²) in [6, 6.07) is 7.67. The van der Waals surface area contributed by atoms with Gasteiger partial charge in [-0.05, 0) is 18.4 Å². The number of carbonyl (C=O) groups excluding carboxylic acids is 2. The molecule has 0 bridgehead atoms. The smallest absolute Gasteiger partial charge is 0.309 e. The number of ether oxygens (including phenoxy) is 1. The lowest BCUT2D eigenvalue weighted by Crippen LogP contribution is -2.18. The molecule has 4 nitrogen and oxygen atoms in total. The van der Waals surface area contributed by atoms with Gasteiger partial charge in [-0.25, -0.2) is 0 Å². The maximum absolute atomic E-state index is 11.8. The number of hydrogen-bond acceptors (Lipinski definition) is 5. The first-order valence-electron chi connectivity index (χ1n) is 6.17. The maximum atomic E-state index is 11.8.